The summed E-state index contributed by atoms with van der Waals surface area (Å²) in [7, 11) is 0. The zero-order valence-electron chi connectivity index (χ0n) is 18.9. The van der Waals surface area contributed by atoms with Crippen molar-refractivity contribution >= 4 is 46.3 Å². The van der Waals surface area contributed by atoms with Crippen LogP contribution in [0.25, 0.3) is 0 Å². The van der Waals surface area contributed by atoms with E-state index in [9.17, 15) is 19.2 Å². The fourth-order valence-corrected chi connectivity index (χ4v) is 4.53. The van der Waals surface area contributed by atoms with Crippen molar-refractivity contribution < 1.29 is 23.9 Å². The molecule has 0 aliphatic carbocycles. The van der Waals surface area contributed by atoms with E-state index in [4.69, 9.17) is 10.5 Å². The monoisotopic (exact) mass is 482 g/mol. The van der Waals surface area contributed by atoms with E-state index in [2.05, 4.69) is 10.3 Å². The summed E-state index contributed by atoms with van der Waals surface area (Å²) >= 11 is 1.28. The van der Waals surface area contributed by atoms with Gasteiger partial charge in [0.2, 0.25) is 12.0 Å². The lowest BCUT2D eigenvalue weighted by molar-refractivity contribution is -0.127. The highest BCUT2D eigenvalue weighted by Gasteiger charge is 2.32. The molecule has 2 atom stereocenters. The number of esters is 1. The van der Waals surface area contributed by atoms with Gasteiger partial charge in [0.05, 0.1) is 5.56 Å². The first kappa shape index (κ1) is 25.0. The maximum Gasteiger partial charge on any atom is 0.339 e. The van der Waals surface area contributed by atoms with Crippen LogP contribution in [0.1, 0.15) is 42.3 Å². The molecule has 9 nitrogen and oxygen atoms in total. The van der Waals surface area contributed by atoms with Crippen LogP contribution in [0.15, 0.2) is 59.6 Å². The van der Waals surface area contributed by atoms with Gasteiger partial charge >= 0.3 is 5.97 Å². The summed E-state index contributed by atoms with van der Waals surface area (Å²) in [5.74, 6) is -2.28. The molecule has 3 N–H and O–H groups in total. The molecule has 3 amide bonds. The Kier molecular flexibility index (Phi) is 8.42. The number of nitrogens with one attached hydrogen (secondary N) is 1. The van der Waals surface area contributed by atoms with Gasteiger partial charge in [-0.3, -0.25) is 14.4 Å². The molecule has 0 radical (unpaired) electrons. The lowest BCUT2D eigenvalue weighted by Crippen LogP contribution is -2.28. The third-order valence-corrected chi connectivity index (χ3v) is 6.31. The molecule has 0 aromatic heterocycles. The summed E-state index contributed by atoms with van der Waals surface area (Å²) in [5.41, 5.74) is 6.36. The van der Waals surface area contributed by atoms with E-state index >= 15 is 0 Å². The van der Waals surface area contributed by atoms with Crippen molar-refractivity contribution in [1.82, 2.24) is 4.90 Å². The van der Waals surface area contributed by atoms with Gasteiger partial charge in [-0.1, -0.05) is 48.2 Å². The number of hydrogen-bond acceptors (Lipinski definition) is 7. The predicted octanol–water partition coefficient (Wildman–Crippen LogP) is 2.74. The standard InChI is InChI=1S/C24H26N4O5S/c1-3-28(4-2)24-27-22(31)18(34-24)14-19(29)26-17-12-8-11-16(13-17)23(32)33-20(21(25)30)15-9-6-5-7-10-15/h5-13,18,20H,3-4,14H2,1-2H3,(H2,25,30)(H,26,29). The number of carbonyl (C=O) groups is 4. The van der Waals surface area contributed by atoms with Gasteiger partial charge in [0.15, 0.2) is 5.17 Å². The van der Waals surface area contributed by atoms with E-state index < -0.39 is 23.2 Å². The molecule has 2 unspecified atom stereocenters. The Balaban J connectivity index is 1.62. The second kappa shape index (κ2) is 11.5. The van der Waals surface area contributed by atoms with Crippen LogP contribution in [-0.4, -0.2) is 52.1 Å². The minimum atomic E-state index is -1.24. The largest absolute Gasteiger partial charge is 0.444 e. The molecular weight excluding hydrogens is 456 g/mol. The van der Waals surface area contributed by atoms with Crippen molar-refractivity contribution in [3.05, 3.63) is 65.7 Å². The van der Waals surface area contributed by atoms with Gasteiger partial charge in [-0.05, 0) is 32.0 Å². The summed E-state index contributed by atoms with van der Waals surface area (Å²) in [6.07, 6.45) is -1.29. The van der Waals surface area contributed by atoms with E-state index in [0.29, 0.717) is 16.4 Å². The number of aliphatic imine (C=N–C) groups is 1. The van der Waals surface area contributed by atoms with E-state index in [1.165, 1.54) is 23.9 Å². The first-order valence-corrected chi connectivity index (χ1v) is 11.7. The van der Waals surface area contributed by atoms with Crippen LogP contribution in [0, 0.1) is 0 Å². The zero-order valence-corrected chi connectivity index (χ0v) is 19.7. The Bertz CT molecular complexity index is 1100. The fraction of sp³-hybridized carbons (Fsp3) is 0.292. The SMILES string of the molecule is CCN(CC)C1=NC(=O)C(CC(=O)Nc2cccc(C(=O)OC(C(N)=O)c3ccccc3)c2)S1. The summed E-state index contributed by atoms with van der Waals surface area (Å²) in [4.78, 5) is 55.2. The second-order valence-corrected chi connectivity index (χ2v) is 8.61. The van der Waals surface area contributed by atoms with Crippen LogP contribution >= 0.6 is 11.8 Å². The van der Waals surface area contributed by atoms with Crippen molar-refractivity contribution in [3.63, 3.8) is 0 Å². The van der Waals surface area contributed by atoms with Gasteiger partial charge < -0.3 is 20.7 Å². The first-order chi connectivity index (χ1) is 16.3. The molecule has 0 saturated carbocycles. The number of anilines is 1. The molecule has 0 spiro atoms. The number of thioether (sulfide) groups is 1. The van der Waals surface area contributed by atoms with Crippen molar-refractivity contribution in [3.8, 4) is 0 Å². The van der Waals surface area contributed by atoms with E-state index in [0.717, 1.165) is 13.1 Å². The number of nitrogens with two attached hydrogens (primary N) is 1. The van der Waals surface area contributed by atoms with E-state index in [-0.39, 0.29) is 23.8 Å². The van der Waals surface area contributed by atoms with E-state index in [1.54, 1.807) is 42.5 Å². The van der Waals surface area contributed by atoms with Crippen LogP contribution in [0.3, 0.4) is 0 Å². The molecular formula is C24H26N4O5S. The molecule has 1 heterocycles. The Hall–Kier alpha value is -3.66. The second-order valence-electron chi connectivity index (χ2n) is 7.44. The van der Waals surface area contributed by atoms with Gasteiger partial charge in [-0.2, -0.15) is 4.99 Å². The number of carbonyl (C=O) groups excluding carboxylic acids is 4. The Morgan fingerprint density at radius 2 is 1.82 bits per heavy atom. The van der Waals surface area contributed by atoms with Crippen molar-refractivity contribution in [2.24, 2.45) is 10.7 Å². The summed E-state index contributed by atoms with van der Waals surface area (Å²) in [6, 6.07) is 14.6. The van der Waals surface area contributed by atoms with Crippen molar-refractivity contribution in [2.75, 3.05) is 18.4 Å². The fourth-order valence-electron chi connectivity index (χ4n) is 3.34. The number of benzene rings is 2. The highest BCUT2D eigenvalue weighted by molar-refractivity contribution is 8.15. The highest BCUT2D eigenvalue weighted by Crippen LogP contribution is 2.27. The van der Waals surface area contributed by atoms with Gasteiger partial charge in [0.25, 0.3) is 11.8 Å². The van der Waals surface area contributed by atoms with Gasteiger partial charge in [0, 0.05) is 30.8 Å². The molecule has 2 aromatic carbocycles. The predicted molar refractivity (Wildman–Crippen MR) is 130 cm³/mol. The minimum Gasteiger partial charge on any atom is -0.444 e. The van der Waals surface area contributed by atoms with Crippen LogP contribution < -0.4 is 11.1 Å². The molecule has 3 rings (SSSR count). The zero-order chi connectivity index (χ0) is 24.7. The number of amidine groups is 1. The molecule has 2 aromatic rings. The minimum absolute atomic E-state index is 0.0514. The van der Waals surface area contributed by atoms with Crippen LogP contribution in [0.4, 0.5) is 5.69 Å². The molecule has 0 bridgehead atoms. The van der Waals surface area contributed by atoms with Gasteiger partial charge in [-0.15, -0.1) is 0 Å². The quantitative estimate of drug-likeness (QED) is 0.525. The number of nitrogens with zero attached hydrogens (tertiary/aromatic N) is 2. The van der Waals surface area contributed by atoms with Crippen LogP contribution in [0.2, 0.25) is 0 Å². The van der Waals surface area contributed by atoms with Crippen molar-refractivity contribution in [2.45, 2.75) is 31.6 Å². The summed E-state index contributed by atoms with van der Waals surface area (Å²) in [6.45, 7) is 5.39. The van der Waals surface area contributed by atoms with Crippen LogP contribution in [0.5, 0.6) is 0 Å². The van der Waals surface area contributed by atoms with Crippen molar-refractivity contribution in [1.29, 1.82) is 0 Å². The Morgan fingerprint density at radius 1 is 1.12 bits per heavy atom. The summed E-state index contributed by atoms with van der Waals surface area (Å²) < 4.78 is 5.33. The number of ether oxygens (including phenoxy) is 1. The molecule has 0 fully saturated rings. The molecule has 1 aliphatic heterocycles. The summed E-state index contributed by atoms with van der Waals surface area (Å²) in [5, 5.41) is 2.73. The third-order valence-electron chi connectivity index (χ3n) is 5.10. The smallest absolute Gasteiger partial charge is 0.339 e. The molecule has 34 heavy (non-hydrogen) atoms. The average Bonchev–Trinajstić information content (AvgIpc) is 3.18. The number of rotatable bonds is 9. The topological polar surface area (TPSA) is 131 Å². The number of primary amides is 1. The maximum absolute atomic E-state index is 12.6. The molecule has 10 heteroatoms. The van der Waals surface area contributed by atoms with E-state index in [1.807, 2.05) is 18.7 Å². The molecule has 178 valence electrons. The van der Waals surface area contributed by atoms with Gasteiger partial charge in [-0.25, -0.2) is 4.79 Å². The lowest BCUT2D eigenvalue weighted by atomic mass is 10.1. The van der Waals surface area contributed by atoms with Gasteiger partial charge in [0.1, 0.15) is 5.25 Å². The van der Waals surface area contributed by atoms with Crippen LogP contribution in [-0.2, 0) is 19.1 Å². The average molecular weight is 483 g/mol. The molecule has 0 saturated heterocycles. The maximum atomic E-state index is 12.6. The Morgan fingerprint density at radius 3 is 2.47 bits per heavy atom. The number of amides is 3. The Labute approximate surface area is 201 Å². The normalized spacial score (nSPS) is 15.9. The first-order valence-electron chi connectivity index (χ1n) is 10.8. The third kappa shape index (κ3) is 6.22. The number of hydrogen-bond donors (Lipinski definition) is 2. The molecule has 1 aliphatic rings. The highest BCUT2D eigenvalue weighted by atomic mass is 32.2. The lowest BCUT2D eigenvalue weighted by Gasteiger charge is -2.19.